The molecular weight excluding hydrogens is 379 g/mol. The second kappa shape index (κ2) is 8.81. The van der Waals surface area contributed by atoms with Gasteiger partial charge in [-0.25, -0.2) is 0 Å². The SMILES string of the molecule is CC(Nc1ccccc1SCC(N)=O)C(=O)Nc1ccc(C(F)(F)F)cc1. The molecule has 0 heterocycles. The van der Waals surface area contributed by atoms with Gasteiger partial charge in [0.1, 0.15) is 6.04 Å². The van der Waals surface area contributed by atoms with E-state index in [-0.39, 0.29) is 11.4 Å². The molecule has 0 saturated heterocycles. The molecule has 9 heteroatoms. The van der Waals surface area contributed by atoms with Gasteiger partial charge in [-0.1, -0.05) is 12.1 Å². The van der Waals surface area contributed by atoms with Crippen LogP contribution in [0.25, 0.3) is 0 Å². The van der Waals surface area contributed by atoms with Crippen LogP contribution in [0.2, 0.25) is 0 Å². The summed E-state index contributed by atoms with van der Waals surface area (Å²) in [6.07, 6.45) is -4.43. The van der Waals surface area contributed by atoms with Crippen LogP contribution in [-0.2, 0) is 15.8 Å². The zero-order chi connectivity index (χ0) is 20.0. The van der Waals surface area contributed by atoms with Crippen molar-refractivity contribution in [2.45, 2.75) is 24.0 Å². The molecule has 0 aliphatic rings. The molecule has 0 aliphatic carbocycles. The molecule has 0 bridgehead atoms. The fraction of sp³-hybridized carbons (Fsp3) is 0.222. The third kappa shape index (κ3) is 6.21. The van der Waals surface area contributed by atoms with Crippen molar-refractivity contribution in [3.05, 3.63) is 54.1 Å². The van der Waals surface area contributed by atoms with Gasteiger partial charge in [0.25, 0.3) is 0 Å². The number of nitrogens with two attached hydrogens (primary N) is 1. The first kappa shape index (κ1) is 20.6. The first-order valence-electron chi connectivity index (χ1n) is 7.91. The van der Waals surface area contributed by atoms with E-state index in [4.69, 9.17) is 5.73 Å². The summed E-state index contributed by atoms with van der Waals surface area (Å²) in [5, 5.41) is 5.59. The maximum absolute atomic E-state index is 12.6. The van der Waals surface area contributed by atoms with Crippen LogP contribution in [0.3, 0.4) is 0 Å². The molecule has 2 aromatic rings. The molecule has 1 unspecified atom stereocenters. The van der Waals surface area contributed by atoms with Crippen molar-refractivity contribution in [2.24, 2.45) is 5.73 Å². The van der Waals surface area contributed by atoms with E-state index >= 15 is 0 Å². The second-order valence-electron chi connectivity index (χ2n) is 5.68. The minimum atomic E-state index is -4.43. The first-order valence-corrected chi connectivity index (χ1v) is 8.90. The third-order valence-corrected chi connectivity index (χ3v) is 4.60. The number of nitrogens with one attached hydrogen (secondary N) is 2. The number of para-hydroxylation sites is 1. The molecule has 1 atom stereocenters. The zero-order valence-corrected chi connectivity index (χ0v) is 15.2. The number of rotatable bonds is 7. The van der Waals surface area contributed by atoms with Gasteiger partial charge >= 0.3 is 6.18 Å². The van der Waals surface area contributed by atoms with Crippen LogP contribution in [0.5, 0.6) is 0 Å². The van der Waals surface area contributed by atoms with Crippen LogP contribution >= 0.6 is 11.8 Å². The van der Waals surface area contributed by atoms with E-state index < -0.39 is 29.6 Å². The molecule has 0 radical (unpaired) electrons. The molecule has 4 N–H and O–H groups in total. The Balaban J connectivity index is 2.01. The summed E-state index contributed by atoms with van der Waals surface area (Å²) in [5.41, 5.74) is 5.28. The Hall–Kier alpha value is -2.68. The average molecular weight is 397 g/mol. The standard InChI is InChI=1S/C18H18F3N3O2S/c1-11(23-14-4-2-3-5-15(14)27-10-16(22)25)17(26)24-13-8-6-12(7-9-13)18(19,20)21/h2-9,11,23H,10H2,1H3,(H2,22,25)(H,24,26). The van der Waals surface area contributed by atoms with E-state index in [0.717, 1.165) is 17.0 Å². The Morgan fingerprint density at radius 1 is 1.11 bits per heavy atom. The summed E-state index contributed by atoms with van der Waals surface area (Å²) in [5.74, 6) is -0.766. The van der Waals surface area contributed by atoms with Gasteiger partial charge in [-0.3, -0.25) is 9.59 Å². The Bertz CT molecular complexity index is 810. The summed E-state index contributed by atoms with van der Waals surface area (Å²) in [6, 6.07) is 10.7. The van der Waals surface area contributed by atoms with Crippen molar-refractivity contribution in [3.63, 3.8) is 0 Å². The highest BCUT2D eigenvalue weighted by molar-refractivity contribution is 8.00. The molecule has 0 aliphatic heterocycles. The number of hydrogen-bond acceptors (Lipinski definition) is 4. The number of halogens is 3. The number of amides is 2. The van der Waals surface area contributed by atoms with E-state index in [1.165, 1.54) is 23.9 Å². The topological polar surface area (TPSA) is 84.2 Å². The van der Waals surface area contributed by atoms with Crippen molar-refractivity contribution in [1.29, 1.82) is 0 Å². The van der Waals surface area contributed by atoms with Crippen LogP contribution in [0.15, 0.2) is 53.4 Å². The highest BCUT2D eigenvalue weighted by Gasteiger charge is 2.30. The molecule has 2 aromatic carbocycles. The van der Waals surface area contributed by atoms with Gasteiger partial charge in [-0.05, 0) is 43.3 Å². The Kier molecular flexibility index (Phi) is 6.73. The molecule has 2 amide bonds. The molecular formula is C18H18F3N3O2S. The fourth-order valence-corrected chi connectivity index (χ4v) is 2.91. The second-order valence-corrected chi connectivity index (χ2v) is 6.70. The Labute approximate surface area is 158 Å². The van der Waals surface area contributed by atoms with Crippen molar-refractivity contribution in [3.8, 4) is 0 Å². The molecule has 2 rings (SSSR count). The Morgan fingerprint density at radius 2 is 1.74 bits per heavy atom. The van der Waals surface area contributed by atoms with Crippen LogP contribution in [-0.4, -0.2) is 23.6 Å². The van der Waals surface area contributed by atoms with Gasteiger partial charge in [0.15, 0.2) is 0 Å². The van der Waals surface area contributed by atoms with Gasteiger partial charge < -0.3 is 16.4 Å². The number of carbonyl (C=O) groups is 2. The van der Waals surface area contributed by atoms with E-state index in [1.807, 2.05) is 0 Å². The lowest BCUT2D eigenvalue weighted by molar-refractivity contribution is -0.137. The fourth-order valence-electron chi connectivity index (χ4n) is 2.15. The van der Waals surface area contributed by atoms with Crippen molar-refractivity contribution in [1.82, 2.24) is 0 Å². The summed E-state index contributed by atoms with van der Waals surface area (Å²) in [6.45, 7) is 1.62. The van der Waals surface area contributed by atoms with Gasteiger partial charge in [0, 0.05) is 16.3 Å². The highest BCUT2D eigenvalue weighted by atomic mass is 32.2. The van der Waals surface area contributed by atoms with Crippen LogP contribution < -0.4 is 16.4 Å². The van der Waals surface area contributed by atoms with Crippen LogP contribution in [0.4, 0.5) is 24.5 Å². The minimum absolute atomic E-state index is 0.102. The summed E-state index contributed by atoms with van der Waals surface area (Å²) >= 11 is 1.24. The molecule has 0 spiro atoms. The third-order valence-electron chi connectivity index (χ3n) is 3.50. The minimum Gasteiger partial charge on any atom is -0.373 e. The molecule has 0 aromatic heterocycles. The molecule has 0 saturated carbocycles. The van der Waals surface area contributed by atoms with Gasteiger partial charge in [0.2, 0.25) is 11.8 Å². The number of primary amides is 1. The number of thioether (sulfide) groups is 1. The van der Waals surface area contributed by atoms with E-state index in [0.29, 0.717) is 5.69 Å². The lowest BCUT2D eigenvalue weighted by atomic mass is 10.2. The lowest BCUT2D eigenvalue weighted by Gasteiger charge is -2.18. The predicted octanol–water partition coefficient (Wildman–Crippen LogP) is 3.72. The highest BCUT2D eigenvalue weighted by Crippen LogP contribution is 2.30. The summed E-state index contributed by atoms with van der Waals surface area (Å²) < 4.78 is 37.7. The quantitative estimate of drug-likeness (QED) is 0.622. The number of benzene rings is 2. The number of carbonyl (C=O) groups excluding carboxylic acids is 2. The predicted molar refractivity (Wildman–Crippen MR) is 99.5 cm³/mol. The van der Waals surface area contributed by atoms with Crippen molar-refractivity contribution < 1.29 is 22.8 Å². The first-order chi connectivity index (χ1) is 12.7. The van der Waals surface area contributed by atoms with Gasteiger partial charge in [0.05, 0.1) is 11.3 Å². The zero-order valence-electron chi connectivity index (χ0n) is 14.3. The van der Waals surface area contributed by atoms with Crippen molar-refractivity contribution in [2.75, 3.05) is 16.4 Å². The van der Waals surface area contributed by atoms with E-state index in [1.54, 1.807) is 31.2 Å². The number of alkyl halides is 3. The molecule has 0 fully saturated rings. The maximum atomic E-state index is 12.6. The van der Waals surface area contributed by atoms with Crippen molar-refractivity contribution >= 4 is 35.0 Å². The lowest BCUT2D eigenvalue weighted by Crippen LogP contribution is -2.32. The molecule has 144 valence electrons. The average Bonchev–Trinajstić information content (AvgIpc) is 2.60. The van der Waals surface area contributed by atoms with Crippen LogP contribution in [0, 0.1) is 0 Å². The molecule has 5 nitrogen and oxygen atoms in total. The Morgan fingerprint density at radius 3 is 2.33 bits per heavy atom. The van der Waals surface area contributed by atoms with Gasteiger partial charge in [-0.2, -0.15) is 13.2 Å². The normalized spacial score (nSPS) is 12.3. The summed E-state index contributed by atoms with van der Waals surface area (Å²) in [4.78, 5) is 24.0. The summed E-state index contributed by atoms with van der Waals surface area (Å²) in [7, 11) is 0. The number of hydrogen-bond donors (Lipinski definition) is 3. The number of anilines is 2. The van der Waals surface area contributed by atoms with E-state index in [9.17, 15) is 22.8 Å². The van der Waals surface area contributed by atoms with Crippen LogP contribution in [0.1, 0.15) is 12.5 Å². The maximum Gasteiger partial charge on any atom is 0.416 e. The van der Waals surface area contributed by atoms with Gasteiger partial charge in [-0.15, -0.1) is 11.8 Å². The molecule has 27 heavy (non-hydrogen) atoms. The largest absolute Gasteiger partial charge is 0.416 e. The van der Waals surface area contributed by atoms with E-state index in [2.05, 4.69) is 10.6 Å². The smallest absolute Gasteiger partial charge is 0.373 e. The monoisotopic (exact) mass is 397 g/mol.